The first kappa shape index (κ1) is 10.6. The van der Waals surface area contributed by atoms with Gasteiger partial charge in [0.2, 0.25) is 0 Å². The molecule has 0 spiro atoms. The molecule has 84 valence electrons. The average Bonchev–Trinajstić information content (AvgIpc) is 2.89. The first-order chi connectivity index (χ1) is 7.14. The maximum absolute atomic E-state index is 12.0. The molecule has 2 heterocycles. The summed E-state index contributed by atoms with van der Waals surface area (Å²) in [4.78, 5) is 3.94. The fourth-order valence-electron chi connectivity index (χ4n) is 1.71. The molecule has 1 aromatic heterocycles. The van der Waals surface area contributed by atoms with Gasteiger partial charge in [-0.05, 0) is 19.8 Å². The average molecular weight is 229 g/mol. The normalized spacial score (nSPS) is 18.5. The van der Waals surface area contributed by atoms with E-state index < -0.39 is 10.0 Å². The molecule has 1 saturated heterocycles. The largest absolute Gasteiger partial charge is 0.336 e. The van der Waals surface area contributed by atoms with E-state index in [0.29, 0.717) is 13.1 Å². The highest BCUT2D eigenvalue weighted by Gasteiger charge is 2.28. The van der Waals surface area contributed by atoms with Crippen LogP contribution in [0.5, 0.6) is 0 Å². The first-order valence-corrected chi connectivity index (χ1v) is 6.60. The molecule has 5 nitrogen and oxygen atoms in total. The standard InChI is InChI=1S/C9H15N3O2S/c1-2-11-7-9(10-8-11)15(13,14)12-5-3-4-6-12/h7-8H,2-6H2,1H3. The molecule has 6 heteroatoms. The molecule has 0 radical (unpaired) electrons. The molecule has 0 N–H and O–H groups in total. The van der Waals surface area contributed by atoms with E-state index in [4.69, 9.17) is 0 Å². The summed E-state index contributed by atoms with van der Waals surface area (Å²) in [7, 11) is -3.33. The van der Waals surface area contributed by atoms with Crippen molar-refractivity contribution in [3.05, 3.63) is 12.5 Å². The minimum Gasteiger partial charge on any atom is -0.336 e. The van der Waals surface area contributed by atoms with Crippen LogP contribution in [-0.2, 0) is 16.6 Å². The number of hydrogen-bond donors (Lipinski definition) is 0. The second-order valence-electron chi connectivity index (χ2n) is 3.65. The second-order valence-corrected chi connectivity index (χ2v) is 5.54. The second kappa shape index (κ2) is 3.94. The highest BCUT2D eigenvalue weighted by Crippen LogP contribution is 2.18. The van der Waals surface area contributed by atoms with E-state index in [1.165, 1.54) is 4.31 Å². The van der Waals surface area contributed by atoms with E-state index in [2.05, 4.69) is 4.98 Å². The monoisotopic (exact) mass is 229 g/mol. The quantitative estimate of drug-likeness (QED) is 0.766. The molecule has 1 fully saturated rings. The zero-order valence-electron chi connectivity index (χ0n) is 8.76. The third-order valence-corrected chi connectivity index (χ3v) is 4.43. The van der Waals surface area contributed by atoms with Crippen LogP contribution in [0.2, 0.25) is 0 Å². The van der Waals surface area contributed by atoms with E-state index in [1.807, 2.05) is 6.92 Å². The molecule has 0 saturated carbocycles. The topological polar surface area (TPSA) is 55.2 Å². The van der Waals surface area contributed by atoms with Crippen molar-refractivity contribution in [2.24, 2.45) is 0 Å². The van der Waals surface area contributed by atoms with Crippen LogP contribution in [0.3, 0.4) is 0 Å². The third-order valence-electron chi connectivity index (χ3n) is 2.64. The fourth-order valence-corrected chi connectivity index (χ4v) is 3.16. The molecule has 1 aliphatic heterocycles. The van der Waals surface area contributed by atoms with Gasteiger partial charge in [0.15, 0.2) is 5.03 Å². The first-order valence-electron chi connectivity index (χ1n) is 5.16. The zero-order chi connectivity index (χ0) is 10.9. The number of sulfonamides is 1. The molecule has 0 atom stereocenters. The SMILES string of the molecule is CCn1cnc(S(=O)(=O)N2CCCC2)c1. The summed E-state index contributed by atoms with van der Waals surface area (Å²) >= 11 is 0. The van der Waals surface area contributed by atoms with E-state index in [9.17, 15) is 8.42 Å². The summed E-state index contributed by atoms with van der Waals surface area (Å²) in [5.74, 6) is 0. The van der Waals surface area contributed by atoms with Crippen LogP contribution in [0, 0.1) is 0 Å². The summed E-state index contributed by atoms with van der Waals surface area (Å²) in [6, 6.07) is 0. The van der Waals surface area contributed by atoms with E-state index in [-0.39, 0.29) is 5.03 Å². The van der Waals surface area contributed by atoms with Crippen LogP contribution in [-0.4, -0.2) is 35.4 Å². The molecule has 1 aliphatic rings. The predicted octanol–water partition coefficient (Wildman–Crippen LogP) is 0.687. The van der Waals surface area contributed by atoms with Crippen LogP contribution >= 0.6 is 0 Å². The maximum atomic E-state index is 12.0. The van der Waals surface area contributed by atoms with Gasteiger partial charge >= 0.3 is 0 Å². The van der Waals surface area contributed by atoms with Crippen LogP contribution in [0.25, 0.3) is 0 Å². The Kier molecular flexibility index (Phi) is 2.79. The predicted molar refractivity (Wildman–Crippen MR) is 55.9 cm³/mol. The van der Waals surface area contributed by atoms with Crippen molar-refractivity contribution in [2.75, 3.05) is 13.1 Å². The molecule has 1 aromatic rings. The van der Waals surface area contributed by atoms with Crippen molar-refractivity contribution < 1.29 is 8.42 Å². The molecule has 15 heavy (non-hydrogen) atoms. The Hall–Kier alpha value is -0.880. The van der Waals surface area contributed by atoms with Gasteiger partial charge in [0, 0.05) is 25.8 Å². The Labute approximate surface area is 89.8 Å². The highest BCUT2D eigenvalue weighted by molar-refractivity contribution is 7.89. The van der Waals surface area contributed by atoms with Crippen LogP contribution in [0.4, 0.5) is 0 Å². The summed E-state index contributed by atoms with van der Waals surface area (Å²) in [6.07, 6.45) is 5.05. The Balaban J connectivity index is 2.28. The van der Waals surface area contributed by atoms with E-state index in [1.54, 1.807) is 17.1 Å². The lowest BCUT2D eigenvalue weighted by molar-refractivity contribution is 0.474. The lowest BCUT2D eigenvalue weighted by Gasteiger charge is -2.12. The molecule has 0 unspecified atom stereocenters. The molecule has 0 aliphatic carbocycles. The number of rotatable bonds is 3. The van der Waals surface area contributed by atoms with Gasteiger partial charge in [0.25, 0.3) is 10.0 Å². The van der Waals surface area contributed by atoms with Crippen LogP contribution < -0.4 is 0 Å². The van der Waals surface area contributed by atoms with E-state index >= 15 is 0 Å². The van der Waals surface area contributed by atoms with Gasteiger partial charge < -0.3 is 4.57 Å². The van der Waals surface area contributed by atoms with Crippen molar-refractivity contribution in [1.82, 2.24) is 13.9 Å². The highest BCUT2D eigenvalue weighted by atomic mass is 32.2. The third kappa shape index (κ3) is 1.91. The van der Waals surface area contributed by atoms with Gasteiger partial charge in [0.1, 0.15) is 0 Å². The van der Waals surface area contributed by atoms with Crippen molar-refractivity contribution in [3.8, 4) is 0 Å². The lowest BCUT2D eigenvalue weighted by Crippen LogP contribution is -2.28. The number of hydrogen-bond acceptors (Lipinski definition) is 3. The smallest absolute Gasteiger partial charge is 0.262 e. The number of aryl methyl sites for hydroxylation is 1. The number of imidazole rings is 1. The van der Waals surface area contributed by atoms with Gasteiger partial charge in [-0.3, -0.25) is 0 Å². The Bertz CT molecular complexity index is 432. The van der Waals surface area contributed by atoms with Gasteiger partial charge in [-0.15, -0.1) is 0 Å². The summed E-state index contributed by atoms with van der Waals surface area (Å²) in [6.45, 7) is 3.94. The summed E-state index contributed by atoms with van der Waals surface area (Å²) in [5.41, 5.74) is 0. The fraction of sp³-hybridized carbons (Fsp3) is 0.667. The van der Waals surface area contributed by atoms with Crippen LogP contribution in [0.1, 0.15) is 19.8 Å². The van der Waals surface area contributed by atoms with Crippen LogP contribution in [0.15, 0.2) is 17.6 Å². The maximum Gasteiger partial charge on any atom is 0.262 e. The number of nitrogens with zero attached hydrogens (tertiary/aromatic N) is 3. The summed E-state index contributed by atoms with van der Waals surface area (Å²) in [5, 5.41) is 0.172. The minimum atomic E-state index is -3.33. The molecular weight excluding hydrogens is 214 g/mol. The van der Waals surface area contributed by atoms with Crippen molar-refractivity contribution in [2.45, 2.75) is 31.3 Å². The van der Waals surface area contributed by atoms with Gasteiger partial charge in [-0.25, -0.2) is 13.4 Å². The van der Waals surface area contributed by atoms with Crippen molar-refractivity contribution in [3.63, 3.8) is 0 Å². The Morgan fingerprint density at radius 3 is 2.60 bits per heavy atom. The van der Waals surface area contributed by atoms with Gasteiger partial charge in [-0.2, -0.15) is 4.31 Å². The molecule has 0 amide bonds. The molecule has 0 aromatic carbocycles. The number of aromatic nitrogens is 2. The van der Waals surface area contributed by atoms with Crippen molar-refractivity contribution in [1.29, 1.82) is 0 Å². The minimum absolute atomic E-state index is 0.172. The van der Waals surface area contributed by atoms with Crippen molar-refractivity contribution >= 4 is 10.0 Å². The van der Waals surface area contributed by atoms with Gasteiger partial charge in [-0.1, -0.05) is 0 Å². The Morgan fingerprint density at radius 1 is 1.40 bits per heavy atom. The lowest BCUT2D eigenvalue weighted by atomic mass is 10.4. The molecule has 2 rings (SSSR count). The Morgan fingerprint density at radius 2 is 2.07 bits per heavy atom. The van der Waals surface area contributed by atoms with Gasteiger partial charge in [0.05, 0.1) is 6.33 Å². The van der Waals surface area contributed by atoms with E-state index in [0.717, 1.165) is 19.4 Å². The summed E-state index contributed by atoms with van der Waals surface area (Å²) < 4.78 is 27.3. The molecule has 0 bridgehead atoms. The molecular formula is C9H15N3O2S. The zero-order valence-corrected chi connectivity index (χ0v) is 9.57.